The maximum absolute atomic E-state index is 12.7. The third kappa shape index (κ3) is 3.29. The molecule has 0 aliphatic carbocycles. The van der Waals surface area contributed by atoms with Crippen LogP contribution in [0.5, 0.6) is 0 Å². The average Bonchev–Trinajstić information content (AvgIpc) is 2.40. The molecule has 2 nitrogen and oxygen atoms in total. The van der Waals surface area contributed by atoms with E-state index in [1.54, 1.807) is 25.1 Å². The zero-order valence-corrected chi connectivity index (χ0v) is 11.7. The third-order valence-electron chi connectivity index (χ3n) is 2.96. The molecular weight excluding hydrogens is 301 g/mol. The number of hydrogen-bond donors (Lipinski definition) is 1. The summed E-state index contributed by atoms with van der Waals surface area (Å²) in [6.07, 6.45) is -4.42. The van der Waals surface area contributed by atoms with Crippen molar-refractivity contribution in [2.45, 2.75) is 13.1 Å². The van der Waals surface area contributed by atoms with Crippen molar-refractivity contribution in [1.82, 2.24) is 0 Å². The Bertz CT molecular complexity index is 718. The number of nitrogens with zero attached hydrogens (tertiary/aromatic N) is 1. The van der Waals surface area contributed by atoms with E-state index >= 15 is 0 Å². The van der Waals surface area contributed by atoms with E-state index in [0.717, 1.165) is 12.1 Å². The van der Waals surface area contributed by atoms with E-state index in [0.29, 0.717) is 11.3 Å². The Labute approximate surface area is 124 Å². The van der Waals surface area contributed by atoms with Crippen LogP contribution in [0.15, 0.2) is 36.4 Å². The number of nitriles is 1. The van der Waals surface area contributed by atoms with Crippen LogP contribution in [0.4, 0.5) is 24.5 Å². The molecule has 2 aromatic carbocycles. The molecule has 0 radical (unpaired) electrons. The molecule has 0 bridgehead atoms. The summed E-state index contributed by atoms with van der Waals surface area (Å²) in [6, 6.07) is 10.1. The molecule has 0 atom stereocenters. The minimum absolute atomic E-state index is 0.191. The fourth-order valence-corrected chi connectivity index (χ4v) is 2.04. The first kappa shape index (κ1) is 15.2. The smallest absolute Gasteiger partial charge is 0.354 e. The van der Waals surface area contributed by atoms with Crippen LogP contribution in [0.25, 0.3) is 0 Å². The third-order valence-corrected chi connectivity index (χ3v) is 3.27. The van der Waals surface area contributed by atoms with E-state index in [1.807, 2.05) is 6.07 Å². The molecule has 0 aromatic heterocycles. The minimum atomic E-state index is -4.42. The summed E-state index contributed by atoms with van der Waals surface area (Å²) in [5.41, 5.74) is 0.718. The summed E-state index contributed by atoms with van der Waals surface area (Å²) >= 11 is 5.90. The number of rotatable bonds is 2. The fraction of sp³-hybridized carbons (Fsp3) is 0.133. The lowest BCUT2D eigenvalue weighted by atomic mass is 10.1. The molecule has 6 heteroatoms. The topological polar surface area (TPSA) is 35.8 Å². The van der Waals surface area contributed by atoms with Crippen LogP contribution in [0.1, 0.15) is 16.7 Å². The molecule has 108 valence electrons. The number of anilines is 2. The lowest BCUT2D eigenvalue weighted by molar-refractivity contribution is -0.137. The van der Waals surface area contributed by atoms with Gasteiger partial charge in [-0.05, 0) is 36.8 Å². The van der Waals surface area contributed by atoms with Crippen LogP contribution in [0, 0.1) is 18.3 Å². The average molecular weight is 311 g/mol. The summed E-state index contributed by atoms with van der Waals surface area (Å²) in [5.74, 6) is 0. The van der Waals surface area contributed by atoms with Crippen molar-refractivity contribution >= 4 is 23.0 Å². The van der Waals surface area contributed by atoms with Gasteiger partial charge in [-0.3, -0.25) is 0 Å². The molecule has 0 aliphatic heterocycles. The highest BCUT2D eigenvalue weighted by Crippen LogP contribution is 2.34. The van der Waals surface area contributed by atoms with E-state index in [-0.39, 0.29) is 16.3 Å². The molecule has 0 fully saturated rings. The maximum atomic E-state index is 12.7. The second-order valence-corrected chi connectivity index (χ2v) is 4.83. The van der Waals surface area contributed by atoms with Gasteiger partial charge in [0.05, 0.1) is 21.8 Å². The zero-order valence-electron chi connectivity index (χ0n) is 10.9. The summed E-state index contributed by atoms with van der Waals surface area (Å²) in [7, 11) is 0. The molecular formula is C15H10ClF3N2. The van der Waals surface area contributed by atoms with Crippen molar-refractivity contribution in [1.29, 1.82) is 5.26 Å². The molecule has 0 heterocycles. The standard InChI is InChI=1S/C15H10ClF3N2/c1-9-5-6-10(15(17,18)19)7-14(9)21-13-4-2-3-12(16)11(13)8-20/h2-7,21H,1H3. The van der Waals surface area contributed by atoms with Crippen molar-refractivity contribution in [3.63, 3.8) is 0 Å². The van der Waals surface area contributed by atoms with Crippen LogP contribution in [-0.4, -0.2) is 0 Å². The van der Waals surface area contributed by atoms with E-state index in [1.165, 1.54) is 6.07 Å². The summed E-state index contributed by atoms with van der Waals surface area (Å²) < 4.78 is 38.2. The van der Waals surface area contributed by atoms with Gasteiger partial charge in [0.1, 0.15) is 6.07 Å². The van der Waals surface area contributed by atoms with Crippen LogP contribution in [0.3, 0.4) is 0 Å². The minimum Gasteiger partial charge on any atom is -0.354 e. The van der Waals surface area contributed by atoms with Gasteiger partial charge >= 0.3 is 6.18 Å². The number of aryl methyl sites for hydroxylation is 1. The number of hydrogen-bond acceptors (Lipinski definition) is 2. The van der Waals surface area contributed by atoms with Gasteiger partial charge in [0.15, 0.2) is 0 Å². The molecule has 2 rings (SSSR count). The summed E-state index contributed by atoms with van der Waals surface area (Å²) in [4.78, 5) is 0. The van der Waals surface area contributed by atoms with Crippen LogP contribution in [0.2, 0.25) is 5.02 Å². The SMILES string of the molecule is Cc1ccc(C(F)(F)F)cc1Nc1cccc(Cl)c1C#N. The van der Waals surface area contributed by atoms with Gasteiger partial charge in [0.2, 0.25) is 0 Å². The summed E-state index contributed by atoms with van der Waals surface area (Å²) in [6.45, 7) is 1.68. The largest absolute Gasteiger partial charge is 0.416 e. The maximum Gasteiger partial charge on any atom is 0.416 e. The summed E-state index contributed by atoms with van der Waals surface area (Å²) in [5, 5.41) is 12.2. The van der Waals surface area contributed by atoms with Crippen LogP contribution in [-0.2, 0) is 6.18 Å². The highest BCUT2D eigenvalue weighted by molar-refractivity contribution is 6.32. The molecule has 0 spiro atoms. The number of nitrogens with one attached hydrogen (secondary N) is 1. The Hall–Kier alpha value is -2.19. The van der Waals surface area contributed by atoms with Crippen molar-refractivity contribution in [3.05, 3.63) is 58.1 Å². The van der Waals surface area contributed by atoms with E-state index in [9.17, 15) is 13.2 Å². The lowest BCUT2D eigenvalue weighted by Crippen LogP contribution is -2.06. The molecule has 1 N–H and O–H groups in total. The Morgan fingerprint density at radius 1 is 1.14 bits per heavy atom. The van der Waals surface area contributed by atoms with E-state index < -0.39 is 11.7 Å². The quantitative estimate of drug-likeness (QED) is 0.819. The Morgan fingerprint density at radius 3 is 2.48 bits per heavy atom. The Morgan fingerprint density at radius 2 is 1.86 bits per heavy atom. The van der Waals surface area contributed by atoms with Crippen molar-refractivity contribution in [2.24, 2.45) is 0 Å². The van der Waals surface area contributed by atoms with Gasteiger partial charge in [0, 0.05) is 5.69 Å². The van der Waals surface area contributed by atoms with Gasteiger partial charge in [-0.15, -0.1) is 0 Å². The Balaban J connectivity index is 2.46. The number of halogens is 4. The molecule has 0 saturated carbocycles. The number of benzene rings is 2. The second kappa shape index (κ2) is 5.66. The molecule has 0 aliphatic rings. The van der Waals surface area contributed by atoms with E-state index in [4.69, 9.17) is 16.9 Å². The monoisotopic (exact) mass is 310 g/mol. The van der Waals surface area contributed by atoms with Crippen molar-refractivity contribution in [3.8, 4) is 6.07 Å². The first-order valence-electron chi connectivity index (χ1n) is 5.96. The van der Waals surface area contributed by atoms with Gasteiger partial charge in [-0.1, -0.05) is 23.7 Å². The van der Waals surface area contributed by atoms with Crippen LogP contribution < -0.4 is 5.32 Å². The predicted octanol–water partition coefficient (Wildman–Crippen LogP) is 5.28. The van der Waals surface area contributed by atoms with E-state index in [2.05, 4.69) is 5.32 Å². The predicted molar refractivity (Wildman–Crippen MR) is 75.6 cm³/mol. The number of alkyl halides is 3. The highest BCUT2D eigenvalue weighted by atomic mass is 35.5. The zero-order chi connectivity index (χ0) is 15.6. The normalized spacial score (nSPS) is 11.0. The van der Waals surface area contributed by atoms with Gasteiger partial charge in [0.25, 0.3) is 0 Å². The van der Waals surface area contributed by atoms with Gasteiger partial charge in [-0.2, -0.15) is 18.4 Å². The highest BCUT2D eigenvalue weighted by Gasteiger charge is 2.30. The molecule has 0 unspecified atom stereocenters. The van der Waals surface area contributed by atoms with Crippen LogP contribution >= 0.6 is 11.6 Å². The first-order valence-corrected chi connectivity index (χ1v) is 6.34. The van der Waals surface area contributed by atoms with Gasteiger partial charge < -0.3 is 5.32 Å². The molecule has 21 heavy (non-hydrogen) atoms. The first-order chi connectivity index (χ1) is 9.82. The Kier molecular flexibility index (Phi) is 4.10. The molecule has 0 amide bonds. The fourth-order valence-electron chi connectivity index (χ4n) is 1.82. The lowest BCUT2D eigenvalue weighted by Gasteiger charge is -2.14. The second-order valence-electron chi connectivity index (χ2n) is 4.43. The van der Waals surface area contributed by atoms with Crippen molar-refractivity contribution < 1.29 is 13.2 Å². The molecule has 2 aromatic rings. The van der Waals surface area contributed by atoms with Crippen molar-refractivity contribution in [2.75, 3.05) is 5.32 Å². The van der Waals surface area contributed by atoms with Gasteiger partial charge in [-0.25, -0.2) is 0 Å². The molecule has 0 saturated heterocycles.